The van der Waals surface area contributed by atoms with Crippen LogP contribution in [-0.4, -0.2) is 17.3 Å². The van der Waals surface area contributed by atoms with Gasteiger partial charge in [-0.3, -0.25) is 0 Å². The van der Waals surface area contributed by atoms with Crippen LogP contribution in [0.3, 0.4) is 0 Å². The summed E-state index contributed by atoms with van der Waals surface area (Å²) in [4.78, 5) is 11.7. The Bertz CT molecular complexity index is 369. The Morgan fingerprint density at radius 2 is 2.21 bits per heavy atom. The molecule has 0 aliphatic carbocycles. The zero-order chi connectivity index (χ0) is 10.6. The van der Waals surface area contributed by atoms with Crippen LogP contribution in [0.25, 0.3) is 6.08 Å². The molecule has 1 N–H and O–H groups in total. The van der Waals surface area contributed by atoms with Crippen LogP contribution in [0.4, 0.5) is 0 Å². The van der Waals surface area contributed by atoms with Gasteiger partial charge in [0, 0.05) is 10.5 Å². The second-order valence-corrected chi connectivity index (χ2v) is 3.79. The summed E-state index contributed by atoms with van der Waals surface area (Å²) in [6, 6.07) is 7.79. The summed E-state index contributed by atoms with van der Waals surface area (Å²) in [7, 11) is 0. The molecule has 0 bridgehead atoms. The van der Waals surface area contributed by atoms with E-state index in [9.17, 15) is 4.79 Å². The van der Waals surface area contributed by atoms with Crippen molar-refractivity contribution in [3.8, 4) is 0 Å². The van der Waals surface area contributed by atoms with Crippen molar-refractivity contribution in [3.05, 3.63) is 35.4 Å². The highest BCUT2D eigenvalue weighted by atomic mass is 32.2. The molecule has 1 aromatic rings. The van der Waals surface area contributed by atoms with Gasteiger partial charge >= 0.3 is 5.97 Å². The van der Waals surface area contributed by atoms with E-state index >= 15 is 0 Å². The number of hydrogen-bond acceptors (Lipinski definition) is 2. The fraction of sp³-hybridized carbons (Fsp3) is 0.182. The summed E-state index contributed by atoms with van der Waals surface area (Å²) in [5.41, 5.74) is 1.28. The highest BCUT2D eigenvalue weighted by Gasteiger charge is 1.99. The zero-order valence-electron chi connectivity index (χ0n) is 8.15. The Morgan fingerprint density at radius 3 is 2.79 bits per heavy atom. The molecule has 0 aliphatic rings. The molecule has 0 spiro atoms. The molecule has 0 atom stereocenters. The molecule has 14 heavy (non-hydrogen) atoms. The van der Waals surface area contributed by atoms with E-state index in [2.05, 4.69) is 0 Å². The Kier molecular flexibility index (Phi) is 3.77. The lowest BCUT2D eigenvalue weighted by Crippen LogP contribution is -1.95. The maximum Gasteiger partial charge on any atom is 0.331 e. The average Bonchev–Trinajstić information content (AvgIpc) is 2.18. The molecule has 0 unspecified atom stereocenters. The van der Waals surface area contributed by atoms with E-state index in [4.69, 9.17) is 5.11 Å². The fourth-order valence-corrected chi connectivity index (χ4v) is 1.51. The Hall–Kier alpha value is -1.22. The Labute approximate surface area is 87.6 Å². The molecule has 0 heterocycles. The van der Waals surface area contributed by atoms with Crippen LogP contribution in [-0.2, 0) is 4.79 Å². The number of carboxylic acids is 1. The van der Waals surface area contributed by atoms with Crippen LogP contribution in [0.1, 0.15) is 12.5 Å². The predicted molar refractivity (Wildman–Crippen MR) is 59.5 cm³/mol. The van der Waals surface area contributed by atoms with Gasteiger partial charge < -0.3 is 5.11 Å². The summed E-state index contributed by atoms with van der Waals surface area (Å²) in [5, 5.41) is 8.70. The van der Waals surface area contributed by atoms with Gasteiger partial charge in [0.15, 0.2) is 0 Å². The van der Waals surface area contributed by atoms with Crippen molar-refractivity contribution >= 4 is 23.8 Å². The monoisotopic (exact) mass is 208 g/mol. The molecule has 1 aromatic carbocycles. The molecule has 0 saturated heterocycles. The maximum atomic E-state index is 10.6. The van der Waals surface area contributed by atoms with Crippen molar-refractivity contribution in [1.82, 2.24) is 0 Å². The van der Waals surface area contributed by atoms with Crippen LogP contribution in [0.5, 0.6) is 0 Å². The SMILES string of the molecule is CSc1cccc(C=C(C)C(=O)O)c1. The first-order valence-electron chi connectivity index (χ1n) is 4.19. The van der Waals surface area contributed by atoms with E-state index in [1.54, 1.807) is 24.8 Å². The van der Waals surface area contributed by atoms with Gasteiger partial charge in [0.05, 0.1) is 0 Å². The third-order valence-electron chi connectivity index (χ3n) is 1.81. The topological polar surface area (TPSA) is 37.3 Å². The minimum absolute atomic E-state index is 0.350. The van der Waals surface area contributed by atoms with Crippen molar-refractivity contribution in [2.45, 2.75) is 11.8 Å². The van der Waals surface area contributed by atoms with Gasteiger partial charge in [0.1, 0.15) is 0 Å². The lowest BCUT2D eigenvalue weighted by atomic mass is 10.1. The van der Waals surface area contributed by atoms with Crippen LogP contribution >= 0.6 is 11.8 Å². The first-order chi connectivity index (χ1) is 6.63. The molecular weight excluding hydrogens is 196 g/mol. The van der Waals surface area contributed by atoms with Crippen LogP contribution in [0.2, 0.25) is 0 Å². The van der Waals surface area contributed by atoms with E-state index < -0.39 is 5.97 Å². The number of hydrogen-bond donors (Lipinski definition) is 1. The van der Waals surface area contributed by atoms with Gasteiger partial charge in [-0.2, -0.15) is 0 Å². The van der Waals surface area contributed by atoms with Crippen molar-refractivity contribution in [2.75, 3.05) is 6.26 Å². The van der Waals surface area contributed by atoms with Gasteiger partial charge in [0.2, 0.25) is 0 Å². The summed E-state index contributed by atoms with van der Waals surface area (Å²) < 4.78 is 0. The van der Waals surface area contributed by atoms with Gasteiger partial charge in [-0.05, 0) is 37.0 Å². The molecule has 0 radical (unpaired) electrons. The zero-order valence-corrected chi connectivity index (χ0v) is 8.97. The first kappa shape index (κ1) is 10.9. The fourth-order valence-electron chi connectivity index (χ4n) is 1.04. The van der Waals surface area contributed by atoms with Crippen molar-refractivity contribution < 1.29 is 9.90 Å². The maximum absolute atomic E-state index is 10.6. The lowest BCUT2D eigenvalue weighted by molar-refractivity contribution is -0.132. The number of rotatable bonds is 3. The third-order valence-corrected chi connectivity index (χ3v) is 2.54. The number of thioether (sulfide) groups is 1. The molecule has 0 fully saturated rings. The molecule has 0 saturated carbocycles. The molecule has 74 valence electrons. The largest absolute Gasteiger partial charge is 0.478 e. The van der Waals surface area contributed by atoms with Crippen LogP contribution in [0.15, 0.2) is 34.7 Å². The summed E-state index contributed by atoms with van der Waals surface area (Å²) >= 11 is 1.64. The summed E-state index contributed by atoms with van der Waals surface area (Å²) in [5.74, 6) is -0.875. The molecular formula is C11H12O2S. The molecule has 0 amide bonds. The van der Waals surface area contributed by atoms with E-state index in [1.165, 1.54) is 0 Å². The summed E-state index contributed by atoms with van der Waals surface area (Å²) in [6.07, 6.45) is 3.66. The number of benzene rings is 1. The number of carboxylic acid groups (broad SMARTS) is 1. The quantitative estimate of drug-likeness (QED) is 0.613. The molecule has 0 aromatic heterocycles. The second kappa shape index (κ2) is 4.86. The smallest absolute Gasteiger partial charge is 0.331 e. The summed E-state index contributed by atoms with van der Waals surface area (Å²) in [6.45, 7) is 1.59. The number of carbonyl (C=O) groups is 1. The van der Waals surface area contributed by atoms with Crippen molar-refractivity contribution in [1.29, 1.82) is 0 Å². The molecule has 2 nitrogen and oxygen atoms in total. The van der Waals surface area contributed by atoms with E-state index in [1.807, 2.05) is 30.5 Å². The van der Waals surface area contributed by atoms with Crippen molar-refractivity contribution in [3.63, 3.8) is 0 Å². The van der Waals surface area contributed by atoms with Gasteiger partial charge in [-0.15, -0.1) is 11.8 Å². The van der Waals surface area contributed by atoms with Crippen LogP contribution in [0, 0.1) is 0 Å². The third kappa shape index (κ3) is 2.92. The van der Waals surface area contributed by atoms with Gasteiger partial charge in [0.25, 0.3) is 0 Å². The highest BCUT2D eigenvalue weighted by molar-refractivity contribution is 7.98. The predicted octanol–water partition coefficient (Wildman–Crippen LogP) is 2.90. The molecule has 0 aliphatic heterocycles. The lowest BCUT2D eigenvalue weighted by Gasteiger charge is -1.99. The normalized spacial score (nSPS) is 11.4. The Balaban J connectivity index is 2.97. The second-order valence-electron chi connectivity index (χ2n) is 2.91. The first-order valence-corrected chi connectivity index (χ1v) is 5.41. The van der Waals surface area contributed by atoms with Crippen LogP contribution < -0.4 is 0 Å². The minimum Gasteiger partial charge on any atom is -0.478 e. The standard InChI is InChI=1S/C11H12O2S/c1-8(11(12)13)6-9-4-3-5-10(7-9)14-2/h3-7H,1-2H3,(H,12,13). The minimum atomic E-state index is -0.875. The molecule has 1 rings (SSSR count). The van der Waals surface area contributed by atoms with E-state index in [0.717, 1.165) is 10.5 Å². The van der Waals surface area contributed by atoms with Gasteiger partial charge in [-0.1, -0.05) is 12.1 Å². The highest BCUT2D eigenvalue weighted by Crippen LogP contribution is 2.17. The number of aliphatic carboxylic acids is 1. The van der Waals surface area contributed by atoms with E-state index in [0.29, 0.717) is 5.57 Å². The van der Waals surface area contributed by atoms with Crippen molar-refractivity contribution in [2.24, 2.45) is 0 Å². The van der Waals surface area contributed by atoms with E-state index in [-0.39, 0.29) is 0 Å². The average molecular weight is 208 g/mol. The molecule has 3 heteroatoms. The van der Waals surface area contributed by atoms with Gasteiger partial charge in [-0.25, -0.2) is 4.79 Å². The Morgan fingerprint density at radius 1 is 1.50 bits per heavy atom.